The average molecular weight is 256 g/mol. The summed E-state index contributed by atoms with van der Waals surface area (Å²) in [6, 6.07) is 3.29. The number of halogens is 2. The van der Waals surface area contributed by atoms with Gasteiger partial charge in [0.2, 0.25) is 5.91 Å². The number of unbranched alkanes of at least 4 members (excludes halogenated alkanes) is 1. The van der Waals surface area contributed by atoms with Crippen molar-refractivity contribution in [3.63, 3.8) is 0 Å². The molecule has 0 aliphatic heterocycles. The highest BCUT2D eigenvalue weighted by Crippen LogP contribution is 2.13. The van der Waals surface area contributed by atoms with E-state index in [0.29, 0.717) is 13.0 Å². The predicted octanol–water partition coefficient (Wildman–Crippen LogP) is 2.68. The number of benzene rings is 1. The molecular formula is C13H18F2N2O. The largest absolute Gasteiger partial charge is 0.326 e. The lowest BCUT2D eigenvalue weighted by atomic mass is 10.3. The van der Waals surface area contributed by atoms with E-state index < -0.39 is 11.6 Å². The van der Waals surface area contributed by atoms with Gasteiger partial charge in [0, 0.05) is 24.7 Å². The third-order valence-electron chi connectivity index (χ3n) is 2.44. The first-order chi connectivity index (χ1) is 8.63. The van der Waals surface area contributed by atoms with Crippen LogP contribution < -0.4 is 10.6 Å². The summed E-state index contributed by atoms with van der Waals surface area (Å²) in [4.78, 5) is 11.5. The first-order valence-corrected chi connectivity index (χ1v) is 6.09. The number of rotatable bonds is 7. The van der Waals surface area contributed by atoms with E-state index in [2.05, 4.69) is 17.6 Å². The molecule has 5 heteroatoms. The van der Waals surface area contributed by atoms with Gasteiger partial charge < -0.3 is 10.6 Å². The number of anilines is 1. The van der Waals surface area contributed by atoms with Crippen molar-refractivity contribution in [3.05, 3.63) is 29.8 Å². The van der Waals surface area contributed by atoms with Crippen LogP contribution in [0.4, 0.5) is 14.5 Å². The summed E-state index contributed by atoms with van der Waals surface area (Å²) in [5.41, 5.74) is 0.271. The molecule has 0 heterocycles. The van der Waals surface area contributed by atoms with E-state index >= 15 is 0 Å². The Morgan fingerprint density at radius 1 is 1.22 bits per heavy atom. The van der Waals surface area contributed by atoms with Crippen LogP contribution in [0.5, 0.6) is 0 Å². The van der Waals surface area contributed by atoms with Gasteiger partial charge in [-0.2, -0.15) is 0 Å². The van der Waals surface area contributed by atoms with E-state index in [-0.39, 0.29) is 11.6 Å². The van der Waals surface area contributed by atoms with Crippen LogP contribution in [0, 0.1) is 11.6 Å². The maximum absolute atomic E-state index is 12.9. The van der Waals surface area contributed by atoms with Crippen molar-refractivity contribution in [2.24, 2.45) is 0 Å². The lowest BCUT2D eigenvalue weighted by Crippen LogP contribution is -2.22. The molecule has 0 saturated heterocycles. The van der Waals surface area contributed by atoms with Gasteiger partial charge in [0.15, 0.2) is 11.6 Å². The van der Waals surface area contributed by atoms with Crippen molar-refractivity contribution in [1.29, 1.82) is 0 Å². The fraction of sp³-hybridized carbons (Fsp3) is 0.462. The summed E-state index contributed by atoms with van der Waals surface area (Å²) in [5, 5.41) is 5.64. The molecule has 1 rings (SSSR count). The highest BCUT2D eigenvalue weighted by molar-refractivity contribution is 5.90. The van der Waals surface area contributed by atoms with Crippen molar-refractivity contribution in [2.75, 3.05) is 18.4 Å². The molecule has 2 N–H and O–H groups in total. The quantitative estimate of drug-likeness (QED) is 0.736. The van der Waals surface area contributed by atoms with Crippen LogP contribution in [0.15, 0.2) is 18.2 Å². The van der Waals surface area contributed by atoms with Crippen LogP contribution in [-0.4, -0.2) is 19.0 Å². The van der Waals surface area contributed by atoms with E-state index in [4.69, 9.17) is 0 Å². The molecular weight excluding hydrogens is 238 g/mol. The first kappa shape index (κ1) is 14.6. The fourth-order valence-electron chi connectivity index (χ4n) is 1.43. The first-order valence-electron chi connectivity index (χ1n) is 6.09. The van der Waals surface area contributed by atoms with E-state index in [1.807, 2.05) is 0 Å². The molecule has 100 valence electrons. The zero-order valence-electron chi connectivity index (χ0n) is 10.4. The minimum atomic E-state index is -0.964. The Morgan fingerprint density at radius 2 is 2.00 bits per heavy atom. The Balaban J connectivity index is 2.29. The molecule has 18 heavy (non-hydrogen) atoms. The number of hydrogen-bond acceptors (Lipinski definition) is 2. The van der Waals surface area contributed by atoms with Gasteiger partial charge in [-0.05, 0) is 25.1 Å². The minimum absolute atomic E-state index is 0.218. The second-order valence-corrected chi connectivity index (χ2v) is 4.03. The van der Waals surface area contributed by atoms with Crippen molar-refractivity contribution in [2.45, 2.75) is 26.2 Å². The minimum Gasteiger partial charge on any atom is -0.326 e. The molecule has 0 aliphatic carbocycles. The number of nitrogens with one attached hydrogen (secondary N) is 2. The number of carbonyl (C=O) groups is 1. The Labute approximate surface area is 106 Å². The molecule has 1 aromatic carbocycles. The highest BCUT2D eigenvalue weighted by Gasteiger charge is 2.05. The van der Waals surface area contributed by atoms with Crippen molar-refractivity contribution < 1.29 is 13.6 Å². The third-order valence-corrected chi connectivity index (χ3v) is 2.44. The summed E-state index contributed by atoms with van der Waals surface area (Å²) >= 11 is 0. The molecule has 0 fully saturated rings. The Hall–Kier alpha value is -1.49. The van der Waals surface area contributed by atoms with Crippen molar-refractivity contribution >= 4 is 11.6 Å². The molecule has 0 unspecified atom stereocenters. The Kier molecular flexibility index (Phi) is 6.28. The third kappa shape index (κ3) is 5.23. The van der Waals surface area contributed by atoms with Crippen LogP contribution in [-0.2, 0) is 4.79 Å². The molecule has 0 aliphatic rings. The lowest BCUT2D eigenvalue weighted by molar-refractivity contribution is -0.116. The van der Waals surface area contributed by atoms with Crippen LogP contribution >= 0.6 is 0 Å². The summed E-state index contributed by atoms with van der Waals surface area (Å²) in [5.74, 6) is -2.10. The number of amides is 1. The average Bonchev–Trinajstić information content (AvgIpc) is 2.34. The van der Waals surface area contributed by atoms with Gasteiger partial charge in [-0.1, -0.05) is 13.3 Å². The SMILES string of the molecule is CCCCNCCC(=O)Nc1ccc(F)c(F)c1. The van der Waals surface area contributed by atoms with E-state index in [1.165, 1.54) is 6.07 Å². The van der Waals surface area contributed by atoms with Gasteiger partial charge in [-0.25, -0.2) is 8.78 Å². The van der Waals surface area contributed by atoms with E-state index in [9.17, 15) is 13.6 Å². The maximum atomic E-state index is 12.9. The zero-order chi connectivity index (χ0) is 13.4. The van der Waals surface area contributed by atoms with Crippen molar-refractivity contribution in [1.82, 2.24) is 5.32 Å². The monoisotopic (exact) mass is 256 g/mol. The van der Waals surface area contributed by atoms with Crippen LogP contribution in [0.2, 0.25) is 0 Å². The molecule has 0 atom stereocenters. The predicted molar refractivity (Wildman–Crippen MR) is 67.4 cm³/mol. The summed E-state index contributed by atoms with van der Waals surface area (Å²) < 4.78 is 25.5. The zero-order valence-corrected chi connectivity index (χ0v) is 10.4. The van der Waals surface area contributed by atoms with Gasteiger partial charge in [0.1, 0.15) is 0 Å². The molecule has 0 saturated carbocycles. The second-order valence-electron chi connectivity index (χ2n) is 4.03. The van der Waals surface area contributed by atoms with Crippen LogP contribution in [0.25, 0.3) is 0 Å². The Morgan fingerprint density at radius 3 is 2.67 bits per heavy atom. The molecule has 0 spiro atoms. The smallest absolute Gasteiger partial charge is 0.225 e. The van der Waals surface area contributed by atoms with Crippen LogP contribution in [0.3, 0.4) is 0 Å². The topological polar surface area (TPSA) is 41.1 Å². The summed E-state index contributed by atoms with van der Waals surface area (Å²) in [7, 11) is 0. The van der Waals surface area contributed by atoms with Gasteiger partial charge in [-0.15, -0.1) is 0 Å². The second kappa shape index (κ2) is 7.76. The van der Waals surface area contributed by atoms with Gasteiger partial charge in [0.05, 0.1) is 0 Å². The lowest BCUT2D eigenvalue weighted by Gasteiger charge is -2.06. The number of hydrogen-bond donors (Lipinski definition) is 2. The molecule has 1 aromatic rings. The molecule has 3 nitrogen and oxygen atoms in total. The fourth-order valence-corrected chi connectivity index (χ4v) is 1.43. The van der Waals surface area contributed by atoms with Gasteiger partial charge >= 0.3 is 0 Å². The van der Waals surface area contributed by atoms with Crippen LogP contribution in [0.1, 0.15) is 26.2 Å². The van der Waals surface area contributed by atoms with Gasteiger partial charge in [-0.3, -0.25) is 4.79 Å². The van der Waals surface area contributed by atoms with Gasteiger partial charge in [0.25, 0.3) is 0 Å². The standard InChI is InChI=1S/C13H18F2N2O/c1-2-3-7-16-8-6-13(18)17-10-4-5-11(14)12(15)9-10/h4-5,9,16H,2-3,6-8H2,1H3,(H,17,18). The maximum Gasteiger partial charge on any atom is 0.225 e. The Bertz CT molecular complexity index is 397. The molecule has 0 aromatic heterocycles. The molecule has 1 amide bonds. The van der Waals surface area contributed by atoms with Crippen molar-refractivity contribution in [3.8, 4) is 0 Å². The highest BCUT2D eigenvalue weighted by atomic mass is 19.2. The van der Waals surface area contributed by atoms with E-state index in [1.54, 1.807) is 0 Å². The van der Waals surface area contributed by atoms with E-state index in [0.717, 1.165) is 31.5 Å². The summed E-state index contributed by atoms with van der Waals surface area (Å²) in [6.07, 6.45) is 2.49. The summed E-state index contributed by atoms with van der Waals surface area (Å²) in [6.45, 7) is 3.56. The number of carbonyl (C=O) groups excluding carboxylic acids is 1. The molecule has 0 radical (unpaired) electrons. The molecule has 0 bridgehead atoms. The normalized spacial score (nSPS) is 10.4.